The molecule has 158 valence electrons. The van der Waals surface area contributed by atoms with Crippen LogP contribution in [-0.2, 0) is 25.5 Å². The molecular weight excluding hydrogens is 392 g/mol. The zero-order valence-electron chi connectivity index (χ0n) is 16.6. The lowest BCUT2D eigenvalue weighted by atomic mass is 10.1. The molecule has 1 aliphatic heterocycles. The van der Waals surface area contributed by atoms with Gasteiger partial charge in [-0.1, -0.05) is 29.8 Å². The number of amides is 2. The van der Waals surface area contributed by atoms with E-state index in [2.05, 4.69) is 10.9 Å². The molecule has 0 spiro atoms. The van der Waals surface area contributed by atoms with Crippen molar-refractivity contribution in [2.75, 3.05) is 20.3 Å². The topological polar surface area (TPSA) is 112 Å². The first-order valence-corrected chi connectivity index (χ1v) is 9.22. The first kappa shape index (κ1) is 21.0. The number of hydrazine groups is 1. The van der Waals surface area contributed by atoms with Crippen LogP contribution in [0, 0.1) is 6.92 Å². The molecule has 0 bridgehead atoms. The summed E-state index contributed by atoms with van der Waals surface area (Å²) in [5.74, 6) is -0.330. The Morgan fingerprint density at radius 3 is 2.63 bits per heavy atom. The van der Waals surface area contributed by atoms with Crippen LogP contribution in [0.4, 0.5) is 0 Å². The Morgan fingerprint density at radius 2 is 1.87 bits per heavy atom. The Morgan fingerprint density at radius 1 is 1.10 bits per heavy atom. The van der Waals surface area contributed by atoms with Crippen LogP contribution in [0.1, 0.15) is 11.1 Å². The molecule has 2 aromatic rings. The zero-order chi connectivity index (χ0) is 21.5. The van der Waals surface area contributed by atoms with Crippen molar-refractivity contribution >= 4 is 17.8 Å². The number of benzene rings is 2. The van der Waals surface area contributed by atoms with E-state index in [1.54, 1.807) is 30.3 Å². The Balaban J connectivity index is 1.41. The van der Waals surface area contributed by atoms with Crippen LogP contribution in [0.25, 0.3) is 0 Å². The second-order valence-corrected chi connectivity index (χ2v) is 6.55. The maximum absolute atomic E-state index is 12.1. The number of para-hydroxylation sites is 2. The minimum atomic E-state index is -0.920. The lowest BCUT2D eigenvalue weighted by Crippen LogP contribution is -2.51. The highest BCUT2D eigenvalue weighted by Gasteiger charge is 2.27. The van der Waals surface area contributed by atoms with Crippen molar-refractivity contribution in [2.24, 2.45) is 0 Å². The normalized spacial score (nSPS) is 14.4. The molecule has 0 aromatic heterocycles. The van der Waals surface area contributed by atoms with E-state index in [-0.39, 0.29) is 13.0 Å². The molecule has 0 fully saturated rings. The van der Waals surface area contributed by atoms with E-state index < -0.39 is 30.5 Å². The van der Waals surface area contributed by atoms with Gasteiger partial charge in [0.2, 0.25) is 6.10 Å². The molecule has 0 saturated carbocycles. The summed E-state index contributed by atoms with van der Waals surface area (Å²) in [6.07, 6.45) is -0.964. The minimum Gasteiger partial charge on any atom is -0.496 e. The summed E-state index contributed by atoms with van der Waals surface area (Å²) in [5, 5.41) is 0. The molecule has 9 heteroatoms. The third-order valence-corrected chi connectivity index (χ3v) is 4.26. The van der Waals surface area contributed by atoms with Crippen molar-refractivity contribution in [3.05, 3.63) is 53.6 Å². The number of hydrogen-bond acceptors (Lipinski definition) is 7. The number of fused-ring (bicyclic) bond motifs is 1. The number of carbonyl (C=O) groups excluding carboxylic acids is 3. The molecule has 2 aromatic carbocycles. The second-order valence-electron chi connectivity index (χ2n) is 6.55. The predicted molar refractivity (Wildman–Crippen MR) is 105 cm³/mol. The minimum absolute atomic E-state index is 0.00598. The molecule has 0 saturated heterocycles. The SMILES string of the molecule is COc1ccc(C)cc1CC(=O)OCC(=O)NNC(=O)[C@@H]1COc2ccccc2O1. The lowest BCUT2D eigenvalue weighted by molar-refractivity contribution is -0.148. The number of methoxy groups -OCH3 is 1. The number of aryl methyl sites for hydroxylation is 1. The first-order valence-electron chi connectivity index (χ1n) is 9.22. The van der Waals surface area contributed by atoms with Gasteiger partial charge in [-0.3, -0.25) is 25.2 Å². The molecule has 2 amide bonds. The number of hydrogen-bond donors (Lipinski definition) is 2. The van der Waals surface area contributed by atoms with Crippen molar-refractivity contribution in [1.82, 2.24) is 10.9 Å². The van der Waals surface area contributed by atoms with E-state index in [9.17, 15) is 14.4 Å². The van der Waals surface area contributed by atoms with Crippen LogP contribution >= 0.6 is 0 Å². The van der Waals surface area contributed by atoms with E-state index in [0.29, 0.717) is 22.8 Å². The van der Waals surface area contributed by atoms with E-state index in [1.807, 2.05) is 19.1 Å². The predicted octanol–water partition coefficient (Wildman–Crippen LogP) is 1.08. The smallest absolute Gasteiger partial charge is 0.310 e. The van der Waals surface area contributed by atoms with Crippen LogP contribution in [0.2, 0.25) is 0 Å². The summed E-state index contributed by atoms with van der Waals surface area (Å²) in [6, 6.07) is 12.4. The van der Waals surface area contributed by atoms with E-state index in [0.717, 1.165) is 5.56 Å². The summed E-state index contributed by atoms with van der Waals surface area (Å²) in [5.41, 5.74) is 6.03. The third kappa shape index (κ3) is 5.40. The van der Waals surface area contributed by atoms with Gasteiger partial charge in [0.1, 0.15) is 12.4 Å². The van der Waals surface area contributed by atoms with Crippen LogP contribution in [-0.4, -0.2) is 44.2 Å². The molecule has 0 radical (unpaired) electrons. The summed E-state index contributed by atoms with van der Waals surface area (Å²) < 4.78 is 21.2. The summed E-state index contributed by atoms with van der Waals surface area (Å²) >= 11 is 0. The number of nitrogens with one attached hydrogen (secondary N) is 2. The summed E-state index contributed by atoms with van der Waals surface area (Å²) in [4.78, 5) is 36.0. The largest absolute Gasteiger partial charge is 0.496 e. The Labute approximate surface area is 173 Å². The van der Waals surface area contributed by atoms with Gasteiger partial charge in [0.05, 0.1) is 13.5 Å². The fourth-order valence-corrected chi connectivity index (χ4v) is 2.79. The van der Waals surface area contributed by atoms with Crippen molar-refractivity contribution in [3.63, 3.8) is 0 Å². The molecular formula is C21H22N2O7. The van der Waals surface area contributed by atoms with Gasteiger partial charge in [-0.25, -0.2) is 0 Å². The van der Waals surface area contributed by atoms with Crippen molar-refractivity contribution < 1.29 is 33.3 Å². The van der Waals surface area contributed by atoms with Gasteiger partial charge in [0.15, 0.2) is 18.1 Å². The quantitative estimate of drug-likeness (QED) is 0.537. The molecule has 0 unspecified atom stereocenters. The number of carbonyl (C=O) groups is 3. The zero-order valence-corrected chi connectivity index (χ0v) is 16.6. The second kappa shape index (κ2) is 9.64. The molecule has 2 N–H and O–H groups in total. The molecule has 30 heavy (non-hydrogen) atoms. The highest BCUT2D eigenvalue weighted by molar-refractivity contribution is 5.86. The van der Waals surface area contributed by atoms with E-state index in [4.69, 9.17) is 18.9 Å². The maximum atomic E-state index is 12.1. The number of rotatable bonds is 6. The molecule has 1 atom stereocenters. The Bertz CT molecular complexity index is 945. The summed E-state index contributed by atoms with van der Waals surface area (Å²) in [6.45, 7) is 1.36. The molecule has 3 rings (SSSR count). The van der Waals surface area contributed by atoms with E-state index in [1.165, 1.54) is 7.11 Å². The van der Waals surface area contributed by atoms with Crippen molar-refractivity contribution in [3.8, 4) is 17.2 Å². The Hall–Kier alpha value is -3.75. The third-order valence-electron chi connectivity index (χ3n) is 4.26. The van der Waals surface area contributed by atoms with Gasteiger partial charge < -0.3 is 18.9 Å². The molecule has 0 aliphatic carbocycles. The fourth-order valence-electron chi connectivity index (χ4n) is 2.79. The molecule has 1 aliphatic rings. The van der Waals surface area contributed by atoms with Crippen LogP contribution in [0.15, 0.2) is 42.5 Å². The number of esters is 1. The van der Waals surface area contributed by atoms with Gasteiger partial charge in [-0.2, -0.15) is 0 Å². The van der Waals surface area contributed by atoms with Gasteiger partial charge in [0, 0.05) is 5.56 Å². The molecule has 9 nitrogen and oxygen atoms in total. The van der Waals surface area contributed by atoms with Crippen molar-refractivity contribution in [2.45, 2.75) is 19.4 Å². The molecule has 1 heterocycles. The average molecular weight is 414 g/mol. The van der Waals surface area contributed by atoms with Crippen LogP contribution in [0.3, 0.4) is 0 Å². The lowest BCUT2D eigenvalue weighted by Gasteiger charge is -2.25. The van der Waals surface area contributed by atoms with Gasteiger partial charge in [0.25, 0.3) is 11.8 Å². The summed E-state index contributed by atoms with van der Waals surface area (Å²) in [7, 11) is 1.51. The van der Waals surface area contributed by atoms with Gasteiger partial charge in [-0.05, 0) is 25.1 Å². The average Bonchev–Trinajstić information content (AvgIpc) is 2.76. The Kier molecular flexibility index (Phi) is 6.74. The fraction of sp³-hybridized carbons (Fsp3) is 0.286. The van der Waals surface area contributed by atoms with Crippen molar-refractivity contribution in [1.29, 1.82) is 0 Å². The standard InChI is InChI=1S/C21H22N2O7/c1-13-7-8-15(27-2)14(9-13)10-20(25)29-12-19(24)22-23-21(26)18-11-28-16-5-3-4-6-17(16)30-18/h3-9,18H,10-12H2,1-2H3,(H,22,24)(H,23,26)/t18-/m0/s1. The van der Waals surface area contributed by atoms with Crippen LogP contribution in [0.5, 0.6) is 17.2 Å². The monoisotopic (exact) mass is 414 g/mol. The highest BCUT2D eigenvalue weighted by Crippen LogP contribution is 2.30. The van der Waals surface area contributed by atoms with Gasteiger partial charge in [-0.15, -0.1) is 0 Å². The van der Waals surface area contributed by atoms with Crippen LogP contribution < -0.4 is 25.1 Å². The van der Waals surface area contributed by atoms with Gasteiger partial charge >= 0.3 is 5.97 Å². The first-order chi connectivity index (χ1) is 14.5. The van der Waals surface area contributed by atoms with E-state index >= 15 is 0 Å². The highest BCUT2D eigenvalue weighted by atomic mass is 16.6. The maximum Gasteiger partial charge on any atom is 0.310 e. The number of ether oxygens (including phenoxy) is 4.